The number of likely N-dealkylation sites (tertiary alicyclic amines) is 1. The van der Waals surface area contributed by atoms with Crippen LogP contribution >= 0.6 is 0 Å². The first-order valence-electron chi connectivity index (χ1n) is 9.60. The molecule has 1 saturated heterocycles. The number of carbonyl (C=O) groups is 2. The quantitative estimate of drug-likeness (QED) is 0.740. The molecule has 0 unspecified atom stereocenters. The molecule has 27 heavy (non-hydrogen) atoms. The lowest BCUT2D eigenvalue weighted by molar-refractivity contribution is -0.139. The smallest absolute Gasteiger partial charge is 0.225 e. The molecule has 1 aromatic carbocycles. The topological polar surface area (TPSA) is 58.6 Å². The number of ether oxygens (including phenoxy) is 1. The SMILES string of the molecule is C=CC[C@@H]1N(C(=O)C[C@@H](NC(C)=O)c2ccc(OC)cc2)CCCC1(C)C. The van der Waals surface area contributed by atoms with Gasteiger partial charge >= 0.3 is 0 Å². The first-order valence-corrected chi connectivity index (χ1v) is 9.60. The third-order valence-corrected chi connectivity index (χ3v) is 5.48. The van der Waals surface area contributed by atoms with Crippen molar-refractivity contribution in [2.75, 3.05) is 13.7 Å². The Labute approximate surface area is 162 Å². The minimum Gasteiger partial charge on any atom is -0.497 e. The van der Waals surface area contributed by atoms with E-state index >= 15 is 0 Å². The number of hydrogen-bond donors (Lipinski definition) is 1. The maximum Gasteiger partial charge on any atom is 0.225 e. The van der Waals surface area contributed by atoms with Crippen molar-refractivity contribution in [1.29, 1.82) is 0 Å². The number of piperidine rings is 1. The molecule has 1 fully saturated rings. The molecule has 2 atom stereocenters. The Kier molecular flexibility index (Phi) is 7.05. The fourth-order valence-electron chi connectivity index (χ4n) is 3.98. The Morgan fingerprint density at radius 2 is 2.04 bits per heavy atom. The van der Waals surface area contributed by atoms with E-state index in [4.69, 9.17) is 4.74 Å². The molecule has 1 N–H and O–H groups in total. The summed E-state index contributed by atoms with van der Waals surface area (Å²) in [5, 5.41) is 2.92. The lowest BCUT2D eigenvalue weighted by Gasteiger charge is -2.46. The van der Waals surface area contributed by atoms with Crippen molar-refractivity contribution >= 4 is 11.8 Å². The Hall–Kier alpha value is -2.30. The van der Waals surface area contributed by atoms with E-state index < -0.39 is 0 Å². The van der Waals surface area contributed by atoms with Crippen LogP contribution in [0.4, 0.5) is 0 Å². The van der Waals surface area contributed by atoms with E-state index in [9.17, 15) is 9.59 Å². The second-order valence-corrected chi connectivity index (χ2v) is 7.95. The van der Waals surface area contributed by atoms with Gasteiger partial charge in [0.05, 0.1) is 19.6 Å². The van der Waals surface area contributed by atoms with E-state index in [0.717, 1.165) is 37.1 Å². The van der Waals surface area contributed by atoms with Crippen LogP contribution in [0.5, 0.6) is 5.75 Å². The standard InChI is InChI=1S/C22H32N2O3/c1-6-8-20-22(3,4)13-7-14-24(20)21(26)15-19(23-16(2)25)17-9-11-18(27-5)12-10-17/h6,9-12,19-20H,1,7-8,13-15H2,2-5H3,(H,23,25)/t19-,20+/m1/s1. The highest BCUT2D eigenvalue weighted by Crippen LogP contribution is 2.38. The number of nitrogens with zero attached hydrogens (tertiary/aromatic N) is 1. The van der Waals surface area contributed by atoms with E-state index in [1.54, 1.807) is 7.11 Å². The molecule has 148 valence electrons. The van der Waals surface area contributed by atoms with Crippen molar-refractivity contribution in [3.05, 3.63) is 42.5 Å². The van der Waals surface area contributed by atoms with Gasteiger partial charge in [0.15, 0.2) is 0 Å². The van der Waals surface area contributed by atoms with Crippen LogP contribution in [0.15, 0.2) is 36.9 Å². The average molecular weight is 373 g/mol. The Balaban J connectivity index is 2.20. The van der Waals surface area contributed by atoms with Gasteiger partial charge in [-0.25, -0.2) is 0 Å². The highest BCUT2D eigenvalue weighted by molar-refractivity contribution is 5.79. The molecule has 0 radical (unpaired) electrons. The number of nitrogens with one attached hydrogen (secondary N) is 1. The number of hydrogen-bond acceptors (Lipinski definition) is 3. The molecule has 0 aromatic heterocycles. The molecule has 1 aliphatic rings. The zero-order valence-corrected chi connectivity index (χ0v) is 17.0. The van der Waals surface area contributed by atoms with Crippen LogP contribution < -0.4 is 10.1 Å². The van der Waals surface area contributed by atoms with Crippen LogP contribution in [-0.4, -0.2) is 36.4 Å². The monoisotopic (exact) mass is 372 g/mol. The van der Waals surface area contributed by atoms with Crippen molar-refractivity contribution in [3.8, 4) is 5.75 Å². The van der Waals surface area contributed by atoms with Crippen LogP contribution in [-0.2, 0) is 9.59 Å². The molecular weight excluding hydrogens is 340 g/mol. The highest BCUT2D eigenvalue weighted by atomic mass is 16.5. The van der Waals surface area contributed by atoms with Gasteiger partial charge < -0.3 is 15.0 Å². The van der Waals surface area contributed by atoms with Crippen molar-refractivity contribution in [2.45, 2.75) is 58.5 Å². The van der Waals surface area contributed by atoms with Gasteiger partial charge in [0.25, 0.3) is 0 Å². The number of carbonyl (C=O) groups excluding carboxylic acids is 2. The Morgan fingerprint density at radius 3 is 2.59 bits per heavy atom. The zero-order chi connectivity index (χ0) is 20.0. The van der Waals surface area contributed by atoms with E-state index in [0.29, 0.717) is 0 Å². The average Bonchev–Trinajstić information content (AvgIpc) is 2.62. The lowest BCUT2D eigenvalue weighted by atomic mass is 9.75. The number of rotatable bonds is 7. The summed E-state index contributed by atoms with van der Waals surface area (Å²) >= 11 is 0. The van der Waals surface area contributed by atoms with Gasteiger partial charge in [0, 0.05) is 19.5 Å². The van der Waals surface area contributed by atoms with Crippen LogP contribution in [0.25, 0.3) is 0 Å². The van der Waals surface area contributed by atoms with Gasteiger partial charge in [-0.1, -0.05) is 32.1 Å². The maximum absolute atomic E-state index is 13.2. The van der Waals surface area contributed by atoms with Crippen molar-refractivity contribution < 1.29 is 14.3 Å². The minimum absolute atomic E-state index is 0.0612. The molecule has 0 spiro atoms. The molecule has 1 aromatic rings. The first-order chi connectivity index (χ1) is 12.8. The number of benzene rings is 1. The van der Waals surface area contributed by atoms with Crippen molar-refractivity contribution in [2.24, 2.45) is 5.41 Å². The summed E-state index contributed by atoms with van der Waals surface area (Å²) in [6.07, 6.45) is 5.02. The predicted molar refractivity (Wildman–Crippen MR) is 107 cm³/mol. The lowest BCUT2D eigenvalue weighted by Crippen LogP contribution is -2.52. The summed E-state index contributed by atoms with van der Waals surface area (Å²) in [5.74, 6) is 0.671. The molecule has 1 aliphatic heterocycles. The predicted octanol–water partition coefficient (Wildman–Crippen LogP) is 3.86. The summed E-state index contributed by atoms with van der Waals surface area (Å²) in [4.78, 5) is 26.9. The van der Waals surface area contributed by atoms with E-state index in [2.05, 4.69) is 25.7 Å². The second kappa shape index (κ2) is 9.07. The van der Waals surface area contributed by atoms with Crippen molar-refractivity contribution in [3.63, 3.8) is 0 Å². The summed E-state index contributed by atoms with van der Waals surface area (Å²) in [6, 6.07) is 7.28. The molecule has 5 nitrogen and oxygen atoms in total. The van der Waals surface area contributed by atoms with Gasteiger partial charge in [-0.3, -0.25) is 9.59 Å². The van der Waals surface area contributed by atoms with Gasteiger partial charge in [0.1, 0.15) is 5.75 Å². The van der Waals surface area contributed by atoms with Crippen molar-refractivity contribution in [1.82, 2.24) is 10.2 Å². The molecule has 2 rings (SSSR count). The normalized spacial score (nSPS) is 19.9. The third-order valence-electron chi connectivity index (χ3n) is 5.48. The molecule has 0 bridgehead atoms. The fourth-order valence-corrected chi connectivity index (χ4v) is 3.98. The Morgan fingerprint density at radius 1 is 1.37 bits per heavy atom. The van der Waals surface area contributed by atoms with Crippen LogP contribution in [0.2, 0.25) is 0 Å². The zero-order valence-electron chi connectivity index (χ0n) is 17.0. The van der Waals surface area contributed by atoms with Crippen LogP contribution in [0.1, 0.15) is 58.1 Å². The largest absolute Gasteiger partial charge is 0.497 e. The minimum atomic E-state index is -0.352. The van der Waals surface area contributed by atoms with Gasteiger partial charge in [0.2, 0.25) is 11.8 Å². The van der Waals surface area contributed by atoms with Crippen LogP contribution in [0, 0.1) is 5.41 Å². The summed E-state index contributed by atoms with van der Waals surface area (Å²) in [6.45, 7) is 10.5. The number of methoxy groups -OCH3 is 1. The third kappa shape index (κ3) is 5.34. The summed E-state index contributed by atoms with van der Waals surface area (Å²) in [5.41, 5.74) is 0.960. The van der Waals surface area contributed by atoms with E-state index in [1.807, 2.05) is 35.2 Å². The van der Waals surface area contributed by atoms with Gasteiger partial charge in [-0.15, -0.1) is 6.58 Å². The highest BCUT2D eigenvalue weighted by Gasteiger charge is 2.39. The fraction of sp³-hybridized carbons (Fsp3) is 0.545. The van der Waals surface area contributed by atoms with Crippen LogP contribution in [0.3, 0.4) is 0 Å². The summed E-state index contributed by atoms with van der Waals surface area (Å²) in [7, 11) is 1.61. The molecular formula is C22H32N2O3. The molecule has 1 heterocycles. The number of amides is 2. The van der Waals surface area contributed by atoms with Gasteiger partial charge in [-0.2, -0.15) is 0 Å². The molecule has 0 saturated carbocycles. The maximum atomic E-state index is 13.2. The summed E-state index contributed by atoms with van der Waals surface area (Å²) < 4.78 is 5.20. The second-order valence-electron chi connectivity index (χ2n) is 7.95. The molecule has 2 amide bonds. The van der Waals surface area contributed by atoms with Gasteiger partial charge in [-0.05, 0) is 42.4 Å². The van der Waals surface area contributed by atoms with E-state index in [1.165, 1.54) is 6.92 Å². The molecule has 0 aliphatic carbocycles. The first kappa shape index (κ1) is 21.0. The Bertz CT molecular complexity index is 667. The molecule has 5 heteroatoms. The van der Waals surface area contributed by atoms with E-state index in [-0.39, 0.29) is 35.7 Å².